The zero-order valence-corrected chi connectivity index (χ0v) is 12.9. The Morgan fingerprint density at radius 1 is 1.42 bits per heavy atom. The summed E-state index contributed by atoms with van der Waals surface area (Å²) in [6.07, 6.45) is 2.46. The van der Waals surface area contributed by atoms with Crippen LogP contribution in [0.1, 0.15) is 49.2 Å². The fraction of sp³-hybridized carbons (Fsp3) is 0.786. The lowest BCUT2D eigenvalue weighted by atomic mass is 9.63. The van der Waals surface area contributed by atoms with E-state index in [1.54, 1.807) is 0 Å². The fourth-order valence-corrected chi connectivity index (χ4v) is 4.34. The summed E-state index contributed by atoms with van der Waals surface area (Å²) in [7, 11) is 0. The van der Waals surface area contributed by atoms with Gasteiger partial charge in [-0.3, -0.25) is 4.79 Å². The maximum Gasteiger partial charge on any atom is 0.284 e. The zero-order valence-electron chi connectivity index (χ0n) is 12.1. The van der Waals surface area contributed by atoms with E-state index in [0.29, 0.717) is 22.2 Å². The van der Waals surface area contributed by atoms with Gasteiger partial charge in [-0.15, -0.1) is 0 Å². The third kappa shape index (κ3) is 1.82. The first kappa shape index (κ1) is 13.0. The summed E-state index contributed by atoms with van der Waals surface area (Å²) in [6, 6.07) is 0. The first-order valence-electron chi connectivity index (χ1n) is 6.93. The molecule has 2 fully saturated rings. The average Bonchev–Trinajstić information content (AvgIpc) is 2.77. The highest BCUT2D eigenvalue weighted by molar-refractivity contribution is 7.07. The number of aromatic nitrogens is 2. The van der Waals surface area contributed by atoms with E-state index in [4.69, 9.17) is 0 Å². The van der Waals surface area contributed by atoms with E-state index in [2.05, 4.69) is 30.1 Å². The molecule has 1 amide bonds. The number of carbonyl (C=O) groups excluding carboxylic acids is 1. The molecule has 3 rings (SSSR count). The molecule has 0 aromatic carbocycles. The van der Waals surface area contributed by atoms with Crippen LogP contribution in [0.15, 0.2) is 0 Å². The Morgan fingerprint density at radius 3 is 2.74 bits per heavy atom. The standard InChI is InChI=1S/C14H21N3OS/c1-9-15-11(19-16-9)12(18)17-7-10-5-6-14(4,8-17)13(10,2)3/h10H,5-8H2,1-4H3/t10-,14+/m1/s1. The Bertz CT molecular complexity index is 525. The summed E-state index contributed by atoms with van der Waals surface area (Å²) in [6.45, 7) is 10.6. The van der Waals surface area contributed by atoms with E-state index >= 15 is 0 Å². The lowest BCUT2D eigenvalue weighted by molar-refractivity contribution is -0.0107. The molecule has 104 valence electrons. The van der Waals surface area contributed by atoms with Crippen molar-refractivity contribution >= 4 is 17.4 Å². The number of aryl methyl sites for hydroxylation is 1. The predicted octanol–water partition coefficient (Wildman–Crippen LogP) is 2.74. The normalized spacial score (nSPS) is 32.6. The molecule has 5 heteroatoms. The van der Waals surface area contributed by atoms with Gasteiger partial charge >= 0.3 is 0 Å². The quantitative estimate of drug-likeness (QED) is 0.794. The third-order valence-electron chi connectivity index (χ3n) is 5.60. The molecule has 1 saturated heterocycles. The molecule has 1 aromatic heterocycles. The number of fused-ring (bicyclic) bond motifs is 2. The summed E-state index contributed by atoms with van der Waals surface area (Å²) in [5, 5.41) is 0.542. The van der Waals surface area contributed by atoms with Crippen molar-refractivity contribution in [2.24, 2.45) is 16.7 Å². The van der Waals surface area contributed by atoms with Crippen LogP contribution in [-0.2, 0) is 0 Å². The third-order valence-corrected chi connectivity index (χ3v) is 6.39. The van der Waals surface area contributed by atoms with Crippen LogP contribution in [0.25, 0.3) is 0 Å². The van der Waals surface area contributed by atoms with Crippen molar-refractivity contribution in [1.29, 1.82) is 0 Å². The Morgan fingerprint density at radius 2 is 2.16 bits per heavy atom. The van der Waals surface area contributed by atoms with Crippen LogP contribution in [0, 0.1) is 23.7 Å². The van der Waals surface area contributed by atoms with Crippen LogP contribution in [0.5, 0.6) is 0 Å². The average molecular weight is 279 g/mol. The van der Waals surface area contributed by atoms with Gasteiger partial charge in [0, 0.05) is 13.1 Å². The van der Waals surface area contributed by atoms with Gasteiger partial charge in [0.25, 0.3) is 5.91 Å². The fourth-order valence-electron chi connectivity index (χ4n) is 3.70. The van der Waals surface area contributed by atoms with Gasteiger partial charge in [0.05, 0.1) is 0 Å². The first-order chi connectivity index (χ1) is 8.83. The van der Waals surface area contributed by atoms with E-state index in [1.807, 2.05) is 11.8 Å². The van der Waals surface area contributed by atoms with Crippen molar-refractivity contribution in [2.45, 2.75) is 40.5 Å². The highest BCUT2D eigenvalue weighted by Crippen LogP contribution is 2.59. The molecule has 2 atom stereocenters. The highest BCUT2D eigenvalue weighted by Gasteiger charge is 2.56. The molecular formula is C14H21N3OS. The first-order valence-corrected chi connectivity index (χ1v) is 7.70. The molecule has 1 aromatic rings. The molecule has 0 spiro atoms. The van der Waals surface area contributed by atoms with Crippen LogP contribution in [0.4, 0.5) is 0 Å². The minimum atomic E-state index is 0.0687. The van der Waals surface area contributed by atoms with Crippen LogP contribution in [0.2, 0.25) is 0 Å². The second kappa shape index (κ2) is 4.01. The number of hydrogen-bond acceptors (Lipinski definition) is 4. The minimum Gasteiger partial charge on any atom is -0.336 e. The number of nitrogens with zero attached hydrogens (tertiary/aromatic N) is 3. The predicted molar refractivity (Wildman–Crippen MR) is 75.2 cm³/mol. The van der Waals surface area contributed by atoms with E-state index in [-0.39, 0.29) is 11.3 Å². The van der Waals surface area contributed by atoms with Gasteiger partial charge in [0.15, 0.2) is 0 Å². The van der Waals surface area contributed by atoms with Gasteiger partial charge in [0.2, 0.25) is 5.01 Å². The molecule has 1 aliphatic carbocycles. The summed E-state index contributed by atoms with van der Waals surface area (Å²) in [5.41, 5.74) is 0.576. The van der Waals surface area contributed by atoms with Crippen LogP contribution in [0.3, 0.4) is 0 Å². The molecule has 0 radical (unpaired) electrons. The largest absolute Gasteiger partial charge is 0.336 e. The second-order valence-corrected chi connectivity index (χ2v) is 7.60. The number of carbonyl (C=O) groups is 1. The monoisotopic (exact) mass is 279 g/mol. The highest BCUT2D eigenvalue weighted by atomic mass is 32.1. The smallest absolute Gasteiger partial charge is 0.284 e. The van der Waals surface area contributed by atoms with E-state index in [0.717, 1.165) is 13.1 Å². The lowest BCUT2D eigenvalue weighted by Gasteiger charge is -2.50. The zero-order chi connectivity index (χ0) is 13.8. The van der Waals surface area contributed by atoms with Gasteiger partial charge in [-0.05, 0) is 48.0 Å². The molecule has 2 bridgehead atoms. The Balaban J connectivity index is 1.84. The Labute approximate surface area is 118 Å². The lowest BCUT2D eigenvalue weighted by Crippen LogP contribution is -2.53. The SMILES string of the molecule is Cc1nsc(C(=O)N2C[C@H]3CC[C@@](C)(C2)C3(C)C)n1. The molecule has 2 aliphatic rings. The summed E-state index contributed by atoms with van der Waals surface area (Å²) >= 11 is 1.22. The Hall–Kier alpha value is -0.970. The maximum atomic E-state index is 12.5. The molecular weight excluding hydrogens is 258 g/mol. The number of hydrogen-bond donors (Lipinski definition) is 0. The number of likely N-dealkylation sites (tertiary alicyclic amines) is 1. The van der Waals surface area contributed by atoms with E-state index in [9.17, 15) is 4.79 Å². The van der Waals surface area contributed by atoms with Gasteiger partial charge in [-0.1, -0.05) is 20.8 Å². The number of amides is 1. The molecule has 0 N–H and O–H groups in total. The van der Waals surface area contributed by atoms with E-state index < -0.39 is 0 Å². The molecule has 2 heterocycles. The number of rotatable bonds is 1. The van der Waals surface area contributed by atoms with Crippen LogP contribution < -0.4 is 0 Å². The van der Waals surface area contributed by atoms with Crippen molar-refractivity contribution in [2.75, 3.05) is 13.1 Å². The Kier molecular flexibility index (Phi) is 2.75. The van der Waals surface area contributed by atoms with Crippen molar-refractivity contribution in [3.05, 3.63) is 10.8 Å². The van der Waals surface area contributed by atoms with Crippen molar-refractivity contribution in [3.8, 4) is 0 Å². The molecule has 4 nitrogen and oxygen atoms in total. The van der Waals surface area contributed by atoms with Crippen LogP contribution in [-0.4, -0.2) is 33.3 Å². The van der Waals surface area contributed by atoms with E-state index in [1.165, 1.54) is 24.4 Å². The summed E-state index contributed by atoms with van der Waals surface area (Å²) < 4.78 is 4.12. The molecule has 19 heavy (non-hydrogen) atoms. The van der Waals surface area contributed by atoms with Crippen LogP contribution >= 0.6 is 11.5 Å². The number of piperidine rings is 1. The minimum absolute atomic E-state index is 0.0687. The van der Waals surface area contributed by atoms with Gasteiger partial charge in [0.1, 0.15) is 5.82 Å². The molecule has 0 unspecified atom stereocenters. The van der Waals surface area contributed by atoms with Crippen molar-refractivity contribution in [1.82, 2.24) is 14.3 Å². The van der Waals surface area contributed by atoms with Gasteiger partial charge in [-0.25, -0.2) is 4.98 Å². The topological polar surface area (TPSA) is 46.1 Å². The molecule has 1 aliphatic heterocycles. The van der Waals surface area contributed by atoms with Gasteiger partial charge < -0.3 is 4.90 Å². The van der Waals surface area contributed by atoms with Crippen molar-refractivity contribution in [3.63, 3.8) is 0 Å². The summed E-state index contributed by atoms with van der Waals surface area (Å²) in [5.74, 6) is 1.38. The maximum absolute atomic E-state index is 12.5. The van der Waals surface area contributed by atoms with Crippen molar-refractivity contribution < 1.29 is 4.79 Å². The second-order valence-electron chi connectivity index (χ2n) is 6.85. The summed E-state index contributed by atoms with van der Waals surface area (Å²) in [4.78, 5) is 18.8. The molecule has 1 saturated carbocycles. The van der Waals surface area contributed by atoms with Gasteiger partial charge in [-0.2, -0.15) is 4.37 Å².